The molecule has 2 atom stereocenters. The molecule has 0 aliphatic heterocycles. The molecule has 0 spiro atoms. The summed E-state index contributed by atoms with van der Waals surface area (Å²) in [6.45, 7) is 0.504. The molecule has 2 fully saturated rings. The van der Waals surface area contributed by atoms with Crippen LogP contribution in [0.15, 0.2) is 0 Å². The molecule has 2 aliphatic carbocycles. The van der Waals surface area contributed by atoms with Crippen molar-refractivity contribution >= 4 is 11.9 Å². The summed E-state index contributed by atoms with van der Waals surface area (Å²) in [6, 6.07) is 0.147. The topological polar surface area (TPSA) is 92.4 Å². The van der Waals surface area contributed by atoms with Crippen molar-refractivity contribution in [2.75, 3.05) is 6.54 Å². The van der Waals surface area contributed by atoms with Crippen molar-refractivity contribution in [3.63, 3.8) is 0 Å². The Kier molecular flexibility index (Phi) is 5.02. The van der Waals surface area contributed by atoms with Gasteiger partial charge >= 0.3 is 5.97 Å². The van der Waals surface area contributed by atoms with E-state index in [0.717, 1.165) is 44.9 Å². The molecular weight excluding hydrogens is 256 g/mol. The Morgan fingerprint density at radius 3 is 2.45 bits per heavy atom. The molecule has 4 N–H and O–H groups in total. The Balaban J connectivity index is 1.88. The van der Waals surface area contributed by atoms with Crippen LogP contribution in [-0.2, 0) is 9.59 Å². The molecule has 0 aromatic heterocycles. The van der Waals surface area contributed by atoms with Crippen molar-refractivity contribution in [2.45, 2.75) is 63.8 Å². The number of carboxylic acid groups (broad SMARTS) is 1. The van der Waals surface area contributed by atoms with Gasteiger partial charge in [0.25, 0.3) is 0 Å². The Morgan fingerprint density at radius 2 is 1.90 bits per heavy atom. The SMILES string of the molecule is NC1CCC(C(=O)NCC2(CC(=O)O)CCCCC2)C1. The van der Waals surface area contributed by atoms with Crippen LogP contribution >= 0.6 is 0 Å². The van der Waals surface area contributed by atoms with Gasteiger partial charge in [0.15, 0.2) is 0 Å². The Hall–Kier alpha value is -1.10. The monoisotopic (exact) mass is 282 g/mol. The fraction of sp³-hybridized carbons (Fsp3) is 0.867. The molecule has 0 aromatic rings. The highest BCUT2D eigenvalue weighted by atomic mass is 16.4. The lowest BCUT2D eigenvalue weighted by molar-refractivity contribution is -0.141. The summed E-state index contributed by atoms with van der Waals surface area (Å²) in [5.74, 6) is -0.673. The Morgan fingerprint density at radius 1 is 1.20 bits per heavy atom. The van der Waals surface area contributed by atoms with Gasteiger partial charge in [0.1, 0.15) is 0 Å². The summed E-state index contributed by atoms with van der Waals surface area (Å²) >= 11 is 0. The van der Waals surface area contributed by atoms with E-state index in [9.17, 15) is 9.59 Å². The first-order valence-corrected chi connectivity index (χ1v) is 7.76. The van der Waals surface area contributed by atoms with Crippen LogP contribution < -0.4 is 11.1 Å². The van der Waals surface area contributed by atoms with Gasteiger partial charge in [-0.15, -0.1) is 0 Å². The van der Waals surface area contributed by atoms with Gasteiger partial charge < -0.3 is 16.2 Å². The number of nitrogens with one attached hydrogen (secondary N) is 1. The first-order chi connectivity index (χ1) is 9.51. The third-order valence-electron chi connectivity index (χ3n) is 4.92. The molecule has 2 unspecified atom stereocenters. The van der Waals surface area contributed by atoms with Crippen LogP contribution in [0.5, 0.6) is 0 Å². The van der Waals surface area contributed by atoms with Crippen LogP contribution in [0.4, 0.5) is 0 Å². The lowest BCUT2D eigenvalue weighted by Gasteiger charge is -2.36. The molecule has 0 bridgehead atoms. The van der Waals surface area contributed by atoms with Crippen molar-refractivity contribution in [2.24, 2.45) is 17.1 Å². The second kappa shape index (κ2) is 6.57. The average Bonchev–Trinajstić information content (AvgIpc) is 2.83. The van der Waals surface area contributed by atoms with E-state index in [-0.39, 0.29) is 29.7 Å². The van der Waals surface area contributed by atoms with Crippen LogP contribution in [0.3, 0.4) is 0 Å². The largest absolute Gasteiger partial charge is 0.481 e. The number of carboxylic acids is 1. The minimum Gasteiger partial charge on any atom is -0.481 e. The fourth-order valence-electron chi connectivity index (χ4n) is 3.71. The molecule has 0 heterocycles. The van der Waals surface area contributed by atoms with E-state index in [0.29, 0.717) is 6.54 Å². The van der Waals surface area contributed by atoms with Gasteiger partial charge in [0.05, 0.1) is 6.42 Å². The third-order valence-corrected chi connectivity index (χ3v) is 4.92. The maximum Gasteiger partial charge on any atom is 0.303 e. The summed E-state index contributed by atoms with van der Waals surface area (Å²) in [5, 5.41) is 12.1. The van der Waals surface area contributed by atoms with Gasteiger partial charge in [0.2, 0.25) is 5.91 Å². The molecule has 114 valence electrons. The van der Waals surface area contributed by atoms with E-state index in [1.54, 1.807) is 0 Å². The maximum absolute atomic E-state index is 12.1. The number of carbonyl (C=O) groups excluding carboxylic acids is 1. The summed E-state index contributed by atoms with van der Waals surface area (Å²) in [7, 11) is 0. The van der Waals surface area contributed by atoms with Crippen LogP contribution in [0.25, 0.3) is 0 Å². The normalized spacial score (nSPS) is 29.1. The van der Waals surface area contributed by atoms with Crippen molar-refractivity contribution in [3.8, 4) is 0 Å². The van der Waals surface area contributed by atoms with Gasteiger partial charge in [-0.3, -0.25) is 9.59 Å². The molecule has 5 nitrogen and oxygen atoms in total. The lowest BCUT2D eigenvalue weighted by atomic mass is 9.71. The maximum atomic E-state index is 12.1. The minimum absolute atomic E-state index is 0.0236. The first kappa shape index (κ1) is 15.3. The van der Waals surface area contributed by atoms with Crippen molar-refractivity contribution in [3.05, 3.63) is 0 Å². The molecule has 0 aromatic carbocycles. The number of amides is 1. The Labute approximate surface area is 120 Å². The second-order valence-corrected chi connectivity index (χ2v) is 6.62. The molecular formula is C15H26N2O3. The molecule has 0 radical (unpaired) electrons. The fourth-order valence-corrected chi connectivity index (χ4v) is 3.71. The summed E-state index contributed by atoms with van der Waals surface area (Å²) in [6.07, 6.45) is 7.82. The van der Waals surface area contributed by atoms with E-state index in [4.69, 9.17) is 10.8 Å². The highest BCUT2D eigenvalue weighted by molar-refractivity contribution is 5.79. The van der Waals surface area contributed by atoms with Crippen molar-refractivity contribution in [1.29, 1.82) is 0 Å². The lowest BCUT2D eigenvalue weighted by Crippen LogP contribution is -2.42. The van der Waals surface area contributed by atoms with Gasteiger partial charge in [-0.2, -0.15) is 0 Å². The number of rotatable bonds is 5. The smallest absolute Gasteiger partial charge is 0.303 e. The van der Waals surface area contributed by atoms with Gasteiger partial charge in [-0.1, -0.05) is 19.3 Å². The van der Waals surface area contributed by atoms with Gasteiger partial charge in [0, 0.05) is 18.5 Å². The number of hydrogen-bond donors (Lipinski definition) is 3. The van der Waals surface area contributed by atoms with E-state index in [2.05, 4.69) is 5.32 Å². The summed E-state index contributed by atoms with van der Waals surface area (Å²) < 4.78 is 0. The average molecular weight is 282 g/mol. The molecule has 5 heteroatoms. The number of hydrogen-bond acceptors (Lipinski definition) is 3. The molecule has 0 saturated heterocycles. The second-order valence-electron chi connectivity index (χ2n) is 6.62. The minimum atomic E-state index is -0.760. The van der Waals surface area contributed by atoms with E-state index in [1.165, 1.54) is 6.42 Å². The van der Waals surface area contributed by atoms with Crippen LogP contribution in [-0.4, -0.2) is 29.6 Å². The first-order valence-electron chi connectivity index (χ1n) is 7.76. The predicted molar refractivity (Wildman–Crippen MR) is 76.1 cm³/mol. The van der Waals surface area contributed by atoms with Crippen LogP contribution in [0, 0.1) is 11.3 Å². The standard InChI is InChI=1S/C15H26N2O3/c16-12-5-4-11(8-12)14(20)17-10-15(9-13(18)19)6-2-1-3-7-15/h11-12H,1-10,16H2,(H,17,20)(H,18,19). The zero-order chi connectivity index (χ0) is 14.6. The van der Waals surface area contributed by atoms with E-state index < -0.39 is 5.97 Å². The number of carbonyl (C=O) groups is 2. The van der Waals surface area contributed by atoms with Crippen molar-refractivity contribution < 1.29 is 14.7 Å². The summed E-state index contributed by atoms with van der Waals surface area (Å²) in [5.41, 5.74) is 5.60. The van der Waals surface area contributed by atoms with Crippen molar-refractivity contribution in [1.82, 2.24) is 5.32 Å². The molecule has 2 saturated carbocycles. The highest BCUT2D eigenvalue weighted by Gasteiger charge is 2.36. The molecule has 20 heavy (non-hydrogen) atoms. The number of aliphatic carboxylic acids is 1. The number of nitrogens with two attached hydrogens (primary N) is 1. The van der Waals surface area contributed by atoms with Gasteiger partial charge in [-0.05, 0) is 37.5 Å². The third kappa shape index (κ3) is 3.95. The molecule has 2 rings (SSSR count). The van der Waals surface area contributed by atoms with Gasteiger partial charge in [-0.25, -0.2) is 0 Å². The Bertz CT molecular complexity index is 364. The molecule has 1 amide bonds. The molecule has 2 aliphatic rings. The zero-order valence-corrected chi connectivity index (χ0v) is 12.1. The zero-order valence-electron chi connectivity index (χ0n) is 12.1. The van der Waals surface area contributed by atoms with Crippen LogP contribution in [0.1, 0.15) is 57.8 Å². The predicted octanol–water partition coefficient (Wildman–Crippen LogP) is 1.66. The van der Waals surface area contributed by atoms with Crippen LogP contribution in [0.2, 0.25) is 0 Å². The highest BCUT2D eigenvalue weighted by Crippen LogP contribution is 2.39. The van der Waals surface area contributed by atoms with E-state index >= 15 is 0 Å². The van der Waals surface area contributed by atoms with E-state index in [1.807, 2.05) is 0 Å². The summed E-state index contributed by atoms with van der Waals surface area (Å²) in [4.78, 5) is 23.2. The quantitative estimate of drug-likeness (QED) is 0.715.